The molecule has 3 saturated carbocycles. The SMILES string of the molecule is O=C(NC1CC2CC2(C(=O)N2CC3CC3(C(=O)O)C2)C1)OCC1c2ccccc2-c2ccccc21. The van der Waals surface area contributed by atoms with Gasteiger partial charge in [0.15, 0.2) is 0 Å². The van der Waals surface area contributed by atoms with Gasteiger partial charge in [-0.2, -0.15) is 0 Å². The van der Waals surface area contributed by atoms with Crippen molar-refractivity contribution >= 4 is 18.0 Å². The molecular formula is C28H28N2O5. The first kappa shape index (κ1) is 21.0. The molecule has 2 aromatic carbocycles. The van der Waals surface area contributed by atoms with E-state index in [1.54, 1.807) is 4.90 Å². The van der Waals surface area contributed by atoms with Gasteiger partial charge in [0, 0.05) is 25.0 Å². The molecule has 7 nitrogen and oxygen atoms in total. The number of rotatable bonds is 5. The number of carboxylic acids is 1. The lowest BCUT2D eigenvalue weighted by Crippen LogP contribution is -2.41. The van der Waals surface area contributed by atoms with Crippen LogP contribution in [0.3, 0.4) is 0 Å². The Morgan fingerprint density at radius 3 is 2.26 bits per heavy atom. The number of amides is 2. The van der Waals surface area contributed by atoms with Crippen LogP contribution in [0, 0.1) is 22.7 Å². The summed E-state index contributed by atoms with van der Waals surface area (Å²) in [6.07, 6.45) is 2.48. The second kappa shape index (κ2) is 7.09. The number of carboxylic acid groups (broad SMARTS) is 1. The monoisotopic (exact) mass is 472 g/mol. The van der Waals surface area contributed by atoms with Gasteiger partial charge < -0.3 is 20.1 Å². The van der Waals surface area contributed by atoms with Gasteiger partial charge >= 0.3 is 12.1 Å². The van der Waals surface area contributed by atoms with Crippen molar-refractivity contribution in [3.8, 4) is 11.1 Å². The number of piperidine rings is 1. The van der Waals surface area contributed by atoms with Gasteiger partial charge in [-0.05, 0) is 59.8 Å². The van der Waals surface area contributed by atoms with Crippen LogP contribution in [0.15, 0.2) is 48.5 Å². The molecular weight excluding hydrogens is 444 g/mol. The summed E-state index contributed by atoms with van der Waals surface area (Å²) in [4.78, 5) is 39.4. The average molecular weight is 473 g/mol. The van der Waals surface area contributed by atoms with Crippen molar-refractivity contribution in [3.63, 3.8) is 0 Å². The predicted octanol–water partition coefficient (Wildman–Crippen LogP) is 3.63. The summed E-state index contributed by atoms with van der Waals surface area (Å²) >= 11 is 0. The first-order valence-electron chi connectivity index (χ1n) is 12.6. The molecule has 2 N–H and O–H groups in total. The van der Waals surface area contributed by atoms with Crippen LogP contribution in [0.2, 0.25) is 0 Å². The quantitative estimate of drug-likeness (QED) is 0.693. The summed E-state index contributed by atoms with van der Waals surface area (Å²) in [6, 6.07) is 16.4. The summed E-state index contributed by atoms with van der Waals surface area (Å²) in [5.74, 6) is -0.294. The number of aliphatic carboxylic acids is 1. The third kappa shape index (κ3) is 3.00. The first-order chi connectivity index (χ1) is 16.9. The number of hydrogen-bond acceptors (Lipinski definition) is 4. The molecule has 0 radical (unpaired) electrons. The molecule has 2 aromatic rings. The van der Waals surface area contributed by atoms with Gasteiger partial charge in [0.25, 0.3) is 0 Å². The zero-order chi connectivity index (χ0) is 23.9. The van der Waals surface area contributed by atoms with Gasteiger partial charge in [0.1, 0.15) is 6.61 Å². The van der Waals surface area contributed by atoms with Crippen LogP contribution in [0.1, 0.15) is 42.7 Å². The highest BCUT2D eigenvalue weighted by atomic mass is 16.5. The van der Waals surface area contributed by atoms with E-state index >= 15 is 0 Å². The van der Waals surface area contributed by atoms with E-state index in [9.17, 15) is 19.5 Å². The topological polar surface area (TPSA) is 95.9 Å². The van der Waals surface area contributed by atoms with Crippen LogP contribution in [0.5, 0.6) is 0 Å². The number of carbonyl (C=O) groups excluding carboxylic acids is 2. The number of alkyl carbamates (subject to hydrolysis) is 1. The molecule has 0 bridgehead atoms. The minimum atomic E-state index is -0.774. The fraction of sp³-hybridized carbons (Fsp3) is 0.464. The van der Waals surface area contributed by atoms with E-state index < -0.39 is 22.9 Å². The Labute approximate surface area is 203 Å². The number of nitrogens with one attached hydrogen (secondary N) is 1. The number of fused-ring (bicyclic) bond motifs is 5. The number of likely N-dealkylation sites (tertiary alicyclic amines) is 1. The Balaban J connectivity index is 0.968. The third-order valence-electron chi connectivity index (χ3n) is 9.36. The molecule has 180 valence electrons. The Hall–Kier alpha value is -3.35. The normalized spacial score (nSPS) is 33.4. The number of hydrogen-bond donors (Lipinski definition) is 2. The molecule has 4 fully saturated rings. The van der Waals surface area contributed by atoms with Gasteiger partial charge in [-0.3, -0.25) is 9.59 Å². The summed E-state index contributed by atoms with van der Waals surface area (Å²) in [6.45, 7) is 1.17. The molecule has 0 spiro atoms. The Morgan fingerprint density at radius 2 is 1.60 bits per heavy atom. The molecule has 5 aliphatic rings. The number of benzene rings is 2. The molecule has 35 heavy (non-hydrogen) atoms. The zero-order valence-corrected chi connectivity index (χ0v) is 19.4. The second-order valence-electron chi connectivity index (χ2n) is 11.2. The molecule has 1 aliphatic heterocycles. The minimum absolute atomic E-state index is 0.0150. The highest BCUT2D eigenvalue weighted by molar-refractivity contribution is 5.89. The first-order valence-corrected chi connectivity index (χ1v) is 12.6. The zero-order valence-electron chi connectivity index (χ0n) is 19.4. The van der Waals surface area contributed by atoms with Crippen LogP contribution in [0.4, 0.5) is 4.79 Å². The van der Waals surface area contributed by atoms with Gasteiger partial charge in [0.2, 0.25) is 5.91 Å². The van der Waals surface area contributed by atoms with Crippen molar-refractivity contribution in [2.75, 3.05) is 19.7 Å². The van der Waals surface area contributed by atoms with E-state index in [2.05, 4.69) is 29.6 Å². The van der Waals surface area contributed by atoms with Gasteiger partial charge in [-0.25, -0.2) is 4.79 Å². The highest BCUT2D eigenvalue weighted by Gasteiger charge is 2.71. The third-order valence-corrected chi connectivity index (χ3v) is 9.36. The van der Waals surface area contributed by atoms with Crippen LogP contribution in [-0.2, 0) is 14.3 Å². The number of carbonyl (C=O) groups is 3. The lowest BCUT2D eigenvalue weighted by atomic mass is 9.98. The van der Waals surface area contributed by atoms with E-state index in [0.717, 1.165) is 12.8 Å². The van der Waals surface area contributed by atoms with Crippen LogP contribution < -0.4 is 5.32 Å². The smallest absolute Gasteiger partial charge is 0.407 e. The summed E-state index contributed by atoms with van der Waals surface area (Å²) < 4.78 is 5.69. The van der Waals surface area contributed by atoms with Crippen molar-refractivity contribution < 1.29 is 24.2 Å². The summed E-state index contributed by atoms with van der Waals surface area (Å²) in [5, 5.41) is 12.5. The van der Waals surface area contributed by atoms with Crippen molar-refractivity contribution in [1.29, 1.82) is 0 Å². The molecule has 2 amide bonds. The van der Waals surface area contributed by atoms with Gasteiger partial charge in [0.05, 0.1) is 10.8 Å². The Bertz CT molecular complexity index is 1230. The molecule has 7 heteroatoms. The molecule has 1 heterocycles. The van der Waals surface area contributed by atoms with Crippen LogP contribution in [0.25, 0.3) is 11.1 Å². The molecule has 0 aromatic heterocycles. The average Bonchev–Trinajstić information content (AvgIpc) is 3.58. The Kier molecular flexibility index (Phi) is 4.25. The van der Waals surface area contributed by atoms with Gasteiger partial charge in [-0.1, -0.05) is 48.5 Å². The predicted molar refractivity (Wildman–Crippen MR) is 127 cm³/mol. The minimum Gasteiger partial charge on any atom is -0.481 e. The molecule has 5 atom stereocenters. The molecule has 4 aliphatic carbocycles. The Morgan fingerprint density at radius 1 is 0.943 bits per heavy atom. The fourth-order valence-corrected chi connectivity index (χ4v) is 7.36. The lowest BCUT2D eigenvalue weighted by Gasteiger charge is -2.25. The maximum atomic E-state index is 13.3. The van der Waals surface area contributed by atoms with E-state index in [0.29, 0.717) is 25.9 Å². The molecule has 7 rings (SSSR count). The second-order valence-corrected chi connectivity index (χ2v) is 11.2. The maximum absolute atomic E-state index is 13.3. The molecule has 1 saturated heterocycles. The van der Waals surface area contributed by atoms with Crippen LogP contribution >= 0.6 is 0 Å². The summed E-state index contributed by atoms with van der Waals surface area (Å²) in [5.41, 5.74) is 3.62. The standard InChI is InChI=1S/C28H28N2O5/c31-24(30-13-17-11-28(17,15-30)25(32)33)27-10-16(27)9-18(12-27)29-26(34)35-14-23-21-7-3-1-5-19(21)20-6-2-4-8-22(20)23/h1-8,16-18,23H,9-15H2,(H,29,34)(H,32,33). The fourth-order valence-electron chi connectivity index (χ4n) is 7.36. The van der Waals surface area contributed by atoms with E-state index in [1.165, 1.54) is 22.3 Å². The van der Waals surface area contributed by atoms with Crippen molar-refractivity contribution in [1.82, 2.24) is 10.2 Å². The van der Waals surface area contributed by atoms with Crippen molar-refractivity contribution in [2.45, 2.75) is 37.6 Å². The van der Waals surface area contributed by atoms with Crippen molar-refractivity contribution in [3.05, 3.63) is 59.7 Å². The number of ether oxygens (including phenoxy) is 1. The summed E-state index contributed by atoms with van der Waals surface area (Å²) in [7, 11) is 0. The van der Waals surface area contributed by atoms with E-state index in [1.807, 2.05) is 24.3 Å². The largest absolute Gasteiger partial charge is 0.481 e. The van der Waals surface area contributed by atoms with Crippen LogP contribution in [-0.4, -0.2) is 53.7 Å². The van der Waals surface area contributed by atoms with E-state index in [-0.39, 0.29) is 36.3 Å². The molecule has 5 unspecified atom stereocenters. The lowest BCUT2D eigenvalue weighted by molar-refractivity contribution is -0.144. The van der Waals surface area contributed by atoms with Crippen molar-refractivity contribution in [2.24, 2.45) is 22.7 Å². The highest BCUT2D eigenvalue weighted by Crippen LogP contribution is 2.66. The maximum Gasteiger partial charge on any atom is 0.407 e. The van der Waals surface area contributed by atoms with E-state index in [4.69, 9.17) is 4.74 Å². The van der Waals surface area contributed by atoms with Gasteiger partial charge in [-0.15, -0.1) is 0 Å². The number of nitrogens with zero attached hydrogens (tertiary/aromatic N) is 1.